The third-order valence-corrected chi connectivity index (χ3v) is 6.74. The van der Waals surface area contributed by atoms with Gasteiger partial charge in [-0.2, -0.15) is 0 Å². The SMILES string of the molecule is O=C1COc2ccc(S(=O)(=O)NC[C@@H]3C[C@H]4CC[C@@H]3C4)cc2N1. The van der Waals surface area contributed by atoms with E-state index < -0.39 is 10.0 Å². The molecule has 1 amide bonds. The summed E-state index contributed by atoms with van der Waals surface area (Å²) in [6, 6.07) is 4.55. The van der Waals surface area contributed by atoms with Crippen LogP contribution in [0.25, 0.3) is 0 Å². The predicted molar refractivity (Wildman–Crippen MR) is 84.7 cm³/mol. The number of anilines is 1. The first kappa shape index (κ1) is 15.0. The van der Waals surface area contributed by atoms with Gasteiger partial charge in [-0.3, -0.25) is 4.79 Å². The Morgan fingerprint density at radius 2 is 2.13 bits per heavy atom. The number of fused-ring (bicyclic) bond motifs is 3. The number of carbonyl (C=O) groups is 1. The summed E-state index contributed by atoms with van der Waals surface area (Å²) in [6.45, 7) is 0.463. The average molecular weight is 336 g/mol. The number of amides is 1. The van der Waals surface area contributed by atoms with E-state index in [1.54, 1.807) is 6.07 Å². The molecular weight excluding hydrogens is 316 g/mol. The number of hydrogen-bond acceptors (Lipinski definition) is 4. The van der Waals surface area contributed by atoms with Gasteiger partial charge in [0.15, 0.2) is 6.61 Å². The number of sulfonamides is 1. The van der Waals surface area contributed by atoms with Gasteiger partial charge in [0.25, 0.3) is 5.91 Å². The van der Waals surface area contributed by atoms with Crippen LogP contribution in [0.3, 0.4) is 0 Å². The number of hydrogen-bond donors (Lipinski definition) is 2. The molecule has 1 aromatic carbocycles. The second kappa shape index (κ2) is 5.49. The molecule has 3 aliphatic rings. The van der Waals surface area contributed by atoms with E-state index in [1.165, 1.54) is 31.4 Å². The smallest absolute Gasteiger partial charge is 0.262 e. The molecule has 23 heavy (non-hydrogen) atoms. The summed E-state index contributed by atoms with van der Waals surface area (Å²) in [6.07, 6.45) is 4.94. The highest BCUT2D eigenvalue weighted by Gasteiger charge is 2.39. The average Bonchev–Trinajstić information content (AvgIpc) is 3.15. The third-order valence-electron chi connectivity index (χ3n) is 5.31. The second-order valence-electron chi connectivity index (χ2n) is 6.78. The lowest BCUT2D eigenvalue weighted by Gasteiger charge is -2.22. The van der Waals surface area contributed by atoms with Crippen molar-refractivity contribution in [3.05, 3.63) is 18.2 Å². The fraction of sp³-hybridized carbons (Fsp3) is 0.562. The normalized spacial score (nSPS) is 29.0. The minimum atomic E-state index is -3.57. The molecule has 0 saturated heterocycles. The van der Waals surface area contributed by atoms with Crippen molar-refractivity contribution in [3.8, 4) is 5.75 Å². The first-order chi connectivity index (χ1) is 11.0. The molecule has 0 aromatic heterocycles. The highest BCUT2D eigenvalue weighted by Crippen LogP contribution is 2.48. The number of ether oxygens (including phenoxy) is 1. The molecule has 0 unspecified atom stereocenters. The molecule has 124 valence electrons. The van der Waals surface area contributed by atoms with Gasteiger partial charge in [0.2, 0.25) is 10.0 Å². The van der Waals surface area contributed by atoms with Crippen LogP contribution in [0.4, 0.5) is 5.69 Å². The van der Waals surface area contributed by atoms with E-state index in [-0.39, 0.29) is 17.4 Å². The summed E-state index contributed by atoms with van der Waals surface area (Å²) < 4.78 is 33.0. The van der Waals surface area contributed by atoms with Crippen molar-refractivity contribution >= 4 is 21.6 Å². The summed E-state index contributed by atoms with van der Waals surface area (Å²) in [5.41, 5.74) is 0.407. The Kier molecular flexibility index (Phi) is 3.57. The minimum Gasteiger partial charge on any atom is -0.482 e. The Hall–Kier alpha value is -1.60. The number of benzene rings is 1. The lowest BCUT2D eigenvalue weighted by molar-refractivity contribution is -0.118. The predicted octanol–water partition coefficient (Wildman–Crippen LogP) is 1.73. The van der Waals surface area contributed by atoms with Crippen molar-refractivity contribution in [1.82, 2.24) is 4.72 Å². The van der Waals surface area contributed by atoms with Crippen molar-refractivity contribution in [2.45, 2.75) is 30.6 Å². The Labute approximate surface area is 135 Å². The van der Waals surface area contributed by atoms with E-state index in [0.717, 1.165) is 12.3 Å². The fourth-order valence-electron chi connectivity index (χ4n) is 4.16. The summed E-state index contributed by atoms with van der Waals surface area (Å²) in [5, 5.41) is 2.64. The highest BCUT2D eigenvalue weighted by atomic mass is 32.2. The van der Waals surface area contributed by atoms with Gasteiger partial charge in [-0.05, 0) is 55.2 Å². The van der Waals surface area contributed by atoms with Gasteiger partial charge in [-0.1, -0.05) is 6.42 Å². The fourth-order valence-corrected chi connectivity index (χ4v) is 5.28. The lowest BCUT2D eigenvalue weighted by atomic mass is 9.89. The topological polar surface area (TPSA) is 84.5 Å². The van der Waals surface area contributed by atoms with Crippen molar-refractivity contribution in [3.63, 3.8) is 0 Å². The summed E-state index contributed by atoms with van der Waals surface area (Å²) >= 11 is 0. The first-order valence-electron chi connectivity index (χ1n) is 8.07. The summed E-state index contributed by atoms with van der Waals surface area (Å²) in [5.74, 6) is 2.16. The van der Waals surface area contributed by atoms with E-state index in [9.17, 15) is 13.2 Å². The lowest BCUT2D eigenvalue weighted by Crippen LogP contribution is -2.32. The van der Waals surface area contributed by atoms with Crippen LogP contribution in [0.2, 0.25) is 0 Å². The molecule has 0 spiro atoms. The van der Waals surface area contributed by atoms with Crippen molar-refractivity contribution < 1.29 is 17.9 Å². The zero-order valence-corrected chi connectivity index (χ0v) is 13.6. The molecular formula is C16H20N2O4S. The van der Waals surface area contributed by atoms with Crippen LogP contribution in [-0.2, 0) is 14.8 Å². The minimum absolute atomic E-state index is 0.0401. The largest absolute Gasteiger partial charge is 0.482 e. The molecule has 1 aliphatic heterocycles. The van der Waals surface area contributed by atoms with E-state index in [0.29, 0.717) is 29.8 Å². The molecule has 1 heterocycles. The van der Waals surface area contributed by atoms with Gasteiger partial charge in [0.1, 0.15) is 5.75 Å². The van der Waals surface area contributed by atoms with Crippen molar-refractivity contribution in [1.29, 1.82) is 0 Å². The van der Waals surface area contributed by atoms with Gasteiger partial charge in [0.05, 0.1) is 10.6 Å². The van der Waals surface area contributed by atoms with E-state index in [1.807, 2.05) is 0 Å². The van der Waals surface area contributed by atoms with Crippen LogP contribution in [0.1, 0.15) is 25.7 Å². The van der Waals surface area contributed by atoms with Crippen LogP contribution in [0, 0.1) is 17.8 Å². The molecule has 3 atom stereocenters. The molecule has 6 nitrogen and oxygen atoms in total. The van der Waals surface area contributed by atoms with Gasteiger partial charge in [-0.15, -0.1) is 0 Å². The van der Waals surface area contributed by atoms with Gasteiger partial charge < -0.3 is 10.1 Å². The maximum Gasteiger partial charge on any atom is 0.262 e. The molecule has 4 rings (SSSR count). The standard InChI is InChI=1S/C16H20N2O4S/c19-16-9-22-15-4-3-13(7-14(15)18-16)23(20,21)17-8-12-6-10-1-2-11(12)5-10/h3-4,7,10-12,17H,1-2,5-6,8-9H2,(H,18,19)/t10-,11+,12-/m0/s1. The Morgan fingerprint density at radius 1 is 1.26 bits per heavy atom. The zero-order valence-electron chi connectivity index (χ0n) is 12.7. The highest BCUT2D eigenvalue weighted by molar-refractivity contribution is 7.89. The number of nitrogens with one attached hydrogen (secondary N) is 2. The van der Waals surface area contributed by atoms with Gasteiger partial charge in [-0.25, -0.2) is 13.1 Å². The van der Waals surface area contributed by atoms with Crippen molar-refractivity contribution in [2.75, 3.05) is 18.5 Å². The Bertz CT molecular complexity index is 746. The molecule has 2 saturated carbocycles. The third kappa shape index (κ3) is 2.83. The van der Waals surface area contributed by atoms with Gasteiger partial charge >= 0.3 is 0 Å². The van der Waals surface area contributed by atoms with E-state index in [4.69, 9.17) is 4.74 Å². The van der Waals surface area contributed by atoms with Crippen LogP contribution >= 0.6 is 0 Å². The monoisotopic (exact) mass is 336 g/mol. The van der Waals surface area contributed by atoms with E-state index >= 15 is 0 Å². The molecule has 1 aromatic rings. The first-order valence-corrected chi connectivity index (χ1v) is 9.56. The Morgan fingerprint density at radius 3 is 2.87 bits per heavy atom. The zero-order chi connectivity index (χ0) is 16.0. The summed E-state index contributed by atoms with van der Waals surface area (Å²) in [4.78, 5) is 11.5. The van der Waals surface area contributed by atoms with Crippen LogP contribution in [0.5, 0.6) is 5.75 Å². The van der Waals surface area contributed by atoms with Crippen LogP contribution < -0.4 is 14.8 Å². The quantitative estimate of drug-likeness (QED) is 0.877. The molecule has 2 N–H and O–H groups in total. The van der Waals surface area contributed by atoms with Gasteiger partial charge in [0, 0.05) is 6.54 Å². The number of carbonyl (C=O) groups excluding carboxylic acids is 1. The molecule has 2 aliphatic carbocycles. The second-order valence-corrected chi connectivity index (χ2v) is 8.55. The van der Waals surface area contributed by atoms with E-state index in [2.05, 4.69) is 10.0 Å². The number of rotatable bonds is 4. The van der Waals surface area contributed by atoms with Crippen LogP contribution in [0.15, 0.2) is 23.1 Å². The molecule has 7 heteroatoms. The Balaban J connectivity index is 1.48. The maximum absolute atomic E-state index is 12.5. The summed E-state index contributed by atoms with van der Waals surface area (Å²) in [7, 11) is -3.57. The molecule has 0 radical (unpaired) electrons. The maximum atomic E-state index is 12.5. The molecule has 2 bridgehead atoms. The van der Waals surface area contributed by atoms with Crippen LogP contribution in [-0.4, -0.2) is 27.5 Å². The van der Waals surface area contributed by atoms with Crippen molar-refractivity contribution in [2.24, 2.45) is 17.8 Å². The molecule has 2 fully saturated rings.